The van der Waals surface area contributed by atoms with Gasteiger partial charge in [-0.1, -0.05) is 17.6 Å². The topological polar surface area (TPSA) is 59.2 Å². The van der Waals surface area contributed by atoms with E-state index in [0.717, 1.165) is 37.3 Å². The van der Waals surface area contributed by atoms with E-state index in [-0.39, 0.29) is 5.91 Å². The lowest BCUT2D eigenvalue weighted by molar-refractivity contribution is 0.0748. The summed E-state index contributed by atoms with van der Waals surface area (Å²) in [4.78, 5) is 19.3. The Kier molecular flexibility index (Phi) is 4.97. The number of hydrogen-bond acceptors (Lipinski definition) is 4. The molecule has 1 fully saturated rings. The van der Waals surface area contributed by atoms with Crippen LogP contribution in [0.3, 0.4) is 0 Å². The maximum absolute atomic E-state index is 12.4. The van der Waals surface area contributed by atoms with Crippen molar-refractivity contribution in [3.8, 4) is 11.8 Å². The highest BCUT2D eigenvalue weighted by Gasteiger charge is 2.21. The summed E-state index contributed by atoms with van der Waals surface area (Å²) < 4.78 is 0. The molecular formula is C19H19N3OS. The number of likely N-dealkylation sites (tertiary alicyclic amines) is 1. The number of piperidine rings is 1. The van der Waals surface area contributed by atoms with Gasteiger partial charge in [-0.25, -0.2) is 4.98 Å². The van der Waals surface area contributed by atoms with Gasteiger partial charge in [-0.15, -0.1) is 11.3 Å². The molecule has 4 nitrogen and oxygen atoms in total. The molecule has 2 N–H and O–H groups in total. The predicted octanol–water partition coefficient (Wildman–Crippen LogP) is 3.25. The molecule has 1 saturated heterocycles. The van der Waals surface area contributed by atoms with Crippen molar-refractivity contribution in [1.29, 1.82) is 0 Å². The average molecular weight is 337 g/mol. The number of allylic oxidation sites excluding steroid dienone is 1. The van der Waals surface area contributed by atoms with Crippen LogP contribution < -0.4 is 5.73 Å². The lowest BCUT2D eigenvalue weighted by atomic mass is 10.0. The third-order valence-electron chi connectivity index (χ3n) is 3.90. The third-order valence-corrected chi connectivity index (χ3v) is 4.80. The number of nitrogens with two attached hydrogens (primary N) is 1. The lowest BCUT2D eigenvalue weighted by Crippen LogP contribution is -2.35. The molecule has 0 spiro atoms. The van der Waals surface area contributed by atoms with Gasteiger partial charge in [-0.2, -0.15) is 0 Å². The largest absolute Gasteiger partial charge is 0.391 e. The molecule has 1 aliphatic rings. The molecule has 0 saturated carbocycles. The second-order valence-electron chi connectivity index (χ2n) is 5.73. The van der Waals surface area contributed by atoms with Gasteiger partial charge in [0.15, 0.2) is 0 Å². The highest BCUT2D eigenvalue weighted by molar-refractivity contribution is 7.17. The Hall–Kier alpha value is -2.58. The fraction of sp³-hybridized carbons (Fsp3) is 0.263. The van der Waals surface area contributed by atoms with Gasteiger partial charge >= 0.3 is 0 Å². The summed E-state index contributed by atoms with van der Waals surface area (Å²) in [7, 11) is 0. The first kappa shape index (κ1) is 16.3. The van der Waals surface area contributed by atoms with Gasteiger partial charge in [0.2, 0.25) is 0 Å². The summed E-state index contributed by atoms with van der Waals surface area (Å²) in [5.41, 5.74) is 8.74. The van der Waals surface area contributed by atoms with Crippen LogP contribution in [-0.4, -0.2) is 28.9 Å². The highest BCUT2D eigenvalue weighted by atomic mass is 32.1. The van der Waals surface area contributed by atoms with Crippen molar-refractivity contribution in [1.82, 2.24) is 9.88 Å². The monoisotopic (exact) mass is 337 g/mol. The van der Waals surface area contributed by atoms with Crippen molar-refractivity contribution < 1.29 is 4.79 Å². The van der Waals surface area contributed by atoms with E-state index >= 15 is 0 Å². The highest BCUT2D eigenvalue weighted by Crippen LogP contribution is 2.23. The van der Waals surface area contributed by atoms with E-state index in [4.69, 9.17) is 5.73 Å². The molecule has 3 rings (SSSR count). The molecule has 5 heteroatoms. The third kappa shape index (κ3) is 4.03. The Labute approximate surface area is 146 Å². The molecule has 1 amide bonds. The van der Waals surface area contributed by atoms with Crippen LogP contribution in [0.5, 0.6) is 0 Å². The molecule has 2 aromatic rings. The van der Waals surface area contributed by atoms with Crippen LogP contribution in [0.25, 0.3) is 0 Å². The maximum Gasteiger partial charge on any atom is 0.264 e. The number of pyridine rings is 1. The molecule has 0 aliphatic carbocycles. The normalized spacial score (nSPS) is 14.0. The SMILES string of the molecule is Cc1cccc(C#CC=C2CCN(C(=O)c3ccc(N)s3)CC2)n1. The summed E-state index contributed by atoms with van der Waals surface area (Å²) in [6, 6.07) is 9.40. The van der Waals surface area contributed by atoms with Crippen LogP contribution in [0.4, 0.5) is 5.00 Å². The first-order valence-corrected chi connectivity index (χ1v) is 8.71. The molecule has 0 atom stereocenters. The van der Waals surface area contributed by atoms with Gasteiger partial charge in [-0.05, 0) is 56.0 Å². The second kappa shape index (κ2) is 7.33. The van der Waals surface area contributed by atoms with Gasteiger partial charge < -0.3 is 10.6 Å². The fourth-order valence-corrected chi connectivity index (χ4v) is 3.33. The summed E-state index contributed by atoms with van der Waals surface area (Å²) in [5, 5.41) is 0.677. The van der Waals surface area contributed by atoms with Crippen molar-refractivity contribution in [3.05, 3.63) is 58.2 Å². The number of anilines is 1. The van der Waals surface area contributed by atoms with Crippen LogP contribution in [0, 0.1) is 18.8 Å². The number of carbonyl (C=O) groups excluding carboxylic acids is 1. The van der Waals surface area contributed by atoms with Crippen molar-refractivity contribution in [2.75, 3.05) is 18.8 Å². The fourth-order valence-electron chi connectivity index (χ4n) is 2.59. The minimum absolute atomic E-state index is 0.0748. The van der Waals surface area contributed by atoms with E-state index in [0.29, 0.717) is 9.88 Å². The summed E-state index contributed by atoms with van der Waals surface area (Å²) >= 11 is 1.35. The number of amides is 1. The first-order chi connectivity index (χ1) is 11.6. The smallest absolute Gasteiger partial charge is 0.264 e. The van der Waals surface area contributed by atoms with Crippen molar-refractivity contribution in [2.45, 2.75) is 19.8 Å². The molecule has 0 unspecified atom stereocenters. The molecular weight excluding hydrogens is 318 g/mol. The number of nitrogens with zero attached hydrogens (tertiary/aromatic N) is 2. The zero-order valence-electron chi connectivity index (χ0n) is 13.6. The Morgan fingerprint density at radius 2 is 2.08 bits per heavy atom. The van der Waals surface area contributed by atoms with Crippen LogP contribution in [0.15, 0.2) is 42.0 Å². The van der Waals surface area contributed by atoms with Crippen molar-refractivity contribution in [3.63, 3.8) is 0 Å². The van der Waals surface area contributed by atoms with E-state index < -0.39 is 0 Å². The van der Waals surface area contributed by atoms with Crippen LogP contribution in [0.2, 0.25) is 0 Å². The summed E-state index contributed by atoms with van der Waals surface area (Å²) in [6.07, 6.45) is 3.69. The van der Waals surface area contributed by atoms with Crippen molar-refractivity contribution in [2.24, 2.45) is 0 Å². The molecule has 2 aromatic heterocycles. The van der Waals surface area contributed by atoms with Gasteiger partial charge in [0.1, 0.15) is 5.69 Å². The Morgan fingerprint density at radius 1 is 1.29 bits per heavy atom. The predicted molar refractivity (Wildman–Crippen MR) is 97.8 cm³/mol. The molecule has 3 heterocycles. The quantitative estimate of drug-likeness (QED) is 0.813. The van der Waals surface area contributed by atoms with Gasteiger partial charge in [0, 0.05) is 18.8 Å². The Balaban J connectivity index is 1.58. The van der Waals surface area contributed by atoms with Crippen molar-refractivity contribution >= 4 is 22.2 Å². The standard InChI is InChI=1S/C19H19N3OS/c1-14-4-2-6-16(21-14)7-3-5-15-10-12-22(13-11-15)19(23)17-8-9-18(20)24-17/h2,4-6,8-9H,10-13,20H2,1H3. The van der Waals surface area contributed by atoms with Gasteiger partial charge in [-0.3, -0.25) is 4.79 Å². The maximum atomic E-state index is 12.4. The van der Waals surface area contributed by atoms with Gasteiger partial charge in [0.25, 0.3) is 5.91 Å². The number of aryl methyl sites for hydroxylation is 1. The molecule has 0 aromatic carbocycles. The van der Waals surface area contributed by atoms with E-state index in [9.17, 15) is 4.79 Å². The van der Waals surface area contributed by atoms with E-state index in [1.54, 1.807) is 12.1 Å². The number of carbonyl (C=O) groups is 1. The number of rotatable bonds is 1. The summed E-state index contributed by atoms with van der Waals surface area (Å²) in [6.45, 7) is 3.41. The first-order valence-electron chi connectivity index (χ1n) is 7.89. The Bertz CT molecular complexity index is 832. The molecule has 24 heavy (non-hydrogen) atoms. The number of hydrogen-bond donors (Lipinski definition) is 1. The van der Waals surface area contributed by atoms with Crippen LogP contribution in [0.1, 0.15) is 33.9 Å². The van der Waals surface area contributed by atoms with Crippen LogP contribution >= 0.6 is 11.3 Å². The zero-order valence-corrected chi connectivity index (χ0v) is 14.4. The molecule has 122 valence electrons. The average Bonchev–Trinajstić information content (AvgIpc) is 3.01. The Morgan fingerprint density at radius 3 is 2.75 bits per heavy atom. The van der Waals surface area contributed by atoms with E-state index in [2.05, 4.69) is 16.8 Å². The van der Waals surface area contributed by atoms with Gasteiger partial charge in [0.05, 0.1) is 9.88 Å². The number of nitrogen functional groups attached to an aromatic ring is 1. The van der Waals surface area contributed by atoms with E-state index in [1.165, 1.54) is 16.9 Å². The van der Waals surface area contributed by atoms with E-state index in [1.807, 2.05) is 36.1 Å². The lowest BCUT2D eigenvalue weighted by Gasteiger charge is -2.27. The second-order valence-corrected chi connectivity index (χ2v) is 6.85. The minimum atomic E-state index is 0.0748. The summed E-state index contributed by atoms with van der Waals surface area (Å²) in [5.74, 6) is 6.23. The molecule has 0 bridgehead atoms. The number of thiophene rings is 1. The minimum Gasteiger partial charge on any atom is -0.391 e. The molecule has 1 aliphatic heterocycles. The van der Waals surface area contributed by atoms with Crippen LogP contribution in [-0.2, 0) is 0 Å². The molecule has 0 radical (unpaired) electrons. The zero-order chi connectivity index (χ0) is 16.9. The number of aromatic nitrogens is 1.